The van der Waals surface area contributed by atoms with E-state index in [9.17, 15) is 9.67 Å². The Labute approximate surface area is 139 Å². The summed E-state index contributed by atoms with van der Waals surface area (Å²) < 4.78 is 36.7. The molecular weight excluding hydrogens is 362 g/mol. The van der Waals surface area contributed by atoms with Crippen LogP contribution in [0.4, 0.5) is 16.2 Å². The predicted octanol–water partition coefficient (Wildman–Crippen LogP) is -0.913. The molecule has 1 aliphatic rings. The maximum absolute atomic E-state index is 15.1. The second-order valence-electron chi connectivity index (χ2n) is 5.70. The minimum absolute atomic E-state index is 0.0123. The molecule has 0 amide bonds. The Morgan fingerprint density at radius 1 is 1.48 bits per heavy atom. The van der Waals surface area contributed by atoms with Gasteiger partial charge in [-0.2, -0.15) is 9.97 Å². The number of anilines is 2. The van der Waals surface area contributed by atoms with E-state index in [0.29, 0.717) is 0 Å². The van der Waals surface area contributed by atoms with Gasteiger partial charge in [-0.05, 0) is 6.92 Å². The van der Waals surface area contributed by atoms with Crippen LogP contribution in [-0.4, -0.2) is 58.9 Å². The van der Waals surface area contributed by atoms with Crippen LogP contribution >= 0.6 is 7.82 Å². The first-order valence-corrected chi connectivity index (χ1v) is 8.52. The number of hydrogen-bond acceptors (Lipinski definition) is 9. The molecule has 14 heteroatoms. The zero-order valence-electron chi connectivity index (χ0n) is 12.9. The van der Waals surface area contributed by atoms with Gasteiger partial charge >= 0.3 is 7.82 Å². The molecule has 2 aromatic heterocycles. The molecule has 12 nitrogen and oxygen atoms in total. The van der Waals surface area contributed by atoms with Crippen LogP contribution in [0.2, 0.25) is 0 Å². The fourth-order valence-electron chi connectivity index (χ4n) is 2.65. The van der Waals surface area contributed by atoms with Crippen molar-refractivity contribution in [3.63, 3.8) is 0 Å². The van der Waals surface area contributed by atoms with Crippen LogP contribution in [0.5, 0.6) is 0 Å². The summed E-state index contributed by atoms with van der Waals surface area (Å²) >= 11 is 0. The van der Waals surface area contributed by atoms with Crippen LogP contribution in [0.25, 0.3) is 11.2 Å². The number of nitrogens with zero attached hydrogens (tertiary/aromatic N) is 4. The first-order valence-electron chi connectivity index (χ1n) is 6.98. The van der Waals surface area contributed by atoms with Crippen molar-refractivity contribution in [3.05, 3.63) is 6.33 Å². The Hall–Kier alpha value is -1.89. The molecular formula is C11H16FN6O6P. The smallest absolute Gasteiger partial charge is 0.387 e. The maximum Gasteiger partial charge on any atom is 0.469 e. The topological polar surface area (TPSA) is 192 Å². The maximum atomic E-state index is 15.1. The van der Waals surface area contributed by atoms with Crippen molar-refractivity contribution < 1.29 is 33.1 Å². The molecule has 25 heavy (non-hydrogen) atoms. The molecule has 1 saturated heterocycles. The van der Waals surface area contributed by atoms with Gasteiger partial charge in [0.25, 0.3) is 0 Å². The number of rotatable bonds is 4. The van der Waals surface area contributed by atoms with Crippen molar-refractivity contribution in [2.45, 2.75) is 31.0 Å². The Balaban J connectivity index is 1.96. The standard InChI is InChI=1S/C11H16FN6O6P/c1-11(12)6(19)4(2-23-25(20,21)22)24-9(11)18-3-15-5-7(13)16-10(14)17-8(5)18/h3-4,6,9,19H,2H2,1H3,(H2,20,21,22)(H4,13,14,16,17)/t4-,6-,9-,11-/m1/s1. The molecule has 1 aliphatic heterocycles. The highest BCUT2D eigenvalue weighted by Crippen LogP contribution is 2.44. The van der Waals surface area contributed by atoms with E-state index in [1.807, 2.05) is 0 Å². The lowest BCUT2D eigenvalue weighted by Gasteiger charge is -2.24. The van der Waals surface area contributed by atoms with E-state index in [-0.39, 0.29) is 22.9 Å². The molecule has 138 valence electrons. The summed E-state index contributed by atoms with van der Waals surface area (Å²) in [5, 5.41) is 10.1. The number of phosphoric acid groups is 1. The van der Waals surface area contributed by atoms with E-state index in [1.54, 1.807) is 0 Å². The Morgan fingerprint density at radius 3 is 2.80 bits per heavy atom. The van der Waals surface area contributed by atoms with E-state index in [1.165, 1.54) is 10.9 Å². The number of aliphatic hydroxyl groups is 1. The molecule has 0 aromatic carbocycles. The lowest BCUT2D eigenvalue weighted by molar-refractivity contribution is -0.0560. The predicted molar refractivity (Wildman–Crippen MR) is 81.6 cm³/mol. The van der Waals surface area contributed by atoms with Crippen molar-refractivity contribution in [3.8, 4) is 0 Å². The number of ether oxygens (including phenoxy) is 1. The normalized spacial score (nSPS) is 30.2. The first kappa shape index (κ1) is 17.9. The molecule has 0 unspecified atom stereocenters. The molecule has 7 N–H and O–H groups in total. The summed E-state index contributed by atoms with van der Waals surface area (Å²) in [5.74, 6) is -0.172. The number of fused-ring (bicyclic) bond motifs is 1. The van der Waals surface area contributed by atoms with Gasteiger partial charge in [0.05, 0.1) is 12.9 Å². The average Bonchev–Trinajstić information content (AvgIpc) is 2.97. The summed E-state index contributed by atoms with van der Waals surface area (Å²) in [7, 11) is -4.80. The third-order valence-corrected chi connectivity index (χ3v) is 4.33. The summed E-state index contributed by atoms with van der Waals surface area (Å²) in [5.41, 5.74) is 9.13. The first-order chi connectivity index (χ1) is 11.5. The summed E-state index contributed by atoms with van der Waals surface area (Å²) in [6.45, 7) is 0.354. The fraction of sp³-hybridized carbons (Fsp3) is 0.545. The van der Waals surface area contributed by atoms with Gasteiger partial charge in [-0.25, -0.2) is 13.9 Å². The number of nitrogens with two attached hydrogens (primary N) is 2. The van der Waals surface area contributed by atoms with E-state index in [2.05, 4.69) is 19.5 Å². The van der Waals surface area contributed by atoms with Crippen LogP contribution in [0.3, 0.4) is 0 Å². The van der Waals surface area contributed by atoms with Crippen molar-refractivity contribution >= 4 is 30.8 Å². The van der Waals surface area contributed by atoms with Gasteiger partial charge in [0.2, 0.25) is 5.95 Å². The highest BCUT2D eigenvalue weighted by molar-refractivity contribution is 7.46. The van der Waals surface area contributed by atoms with E-state index >= 15 is 4.39 Å². The third-order valence-electron chi connectivity index (χ3n) is 3.84. The molecule has 3 heterocycles. The van der Waals surface area contributed by atoms with Crippen molar-refractivity contribution in [2.75, 3.05) is 18.1 Å². The Morgan fingerprint density at radius 2 is 2.16 bits per heavy atom. The van der Waals surface area contributed by atoms with Gasteiger partial charge in [0.1, 0.15) is 17.7 Å². The molecule has 3 rings (SSSR count). The SMILES string of the molecule is C[C@@]1(F)[C@H](O)[C@@H](COP(=O)(O)O)O[C@H]1n1cnc2c(N)nc(N)nc21. The van der Waals surface area contributed by atoms with Gasteiger partial charge < -0.3 is 31.1 Å². The Bertz CT molecular complexity index is 855. The second-order valence-corrected chi connectivity index (χ2v) is 6.94. The van der Waals surface area contributed by atoms with Gasteiger partial charge in [-0.3, -0.25) is 9.09 Å². The molecule has 0 saturated carbocycles. The molecule has 0 spiro atoms. The quantitative estimate of drug-likeness (QED) is 0.413. The second kappa shape index (κ2) is 5.83. The van der Waals surface area contributed by atoms with Crippen molar-refractivity contribution in [1.82, 2.24) is 19.5 Å². The molecule has 0 aliphatic carbocycles. The molecule has 1 fully saturated rings. The van der Waals surface area contributed by atoms with Crippen molar-refractivity contribution in [2.24, 2.45) is 0 Å². The number of phosphoric ester groups is 1. The van der Waals surface area contributed by atoms with Crippen LogP contribution in [0.15, 0.2) is 6.33 Å². The fourth-order valence-corrected chi connectivity index (χ4v) is 2.99. The van der Waals surface area contributed by atoms with Gasteiger partial charge in [0, 0.05) is 0 Å². The van der Waals surface area contributed by atoms with Crippen LogP contribution in [0, 0.1) is 0 Å². The van der Waals surface area contributed by atoms with Crippen molar-refractivity contribution in [1.29, 1.82) is 0 Å². The van der Waals surface area contributed by atoms with Gasteiger partial charge in [0.15, 0.2) is 23.4 Å². The summed E-state index contributed by atoms with van der Waals surface area (Å²) in [4.78, 5) is 29.2. The number of halogens is 1. The van der Waals surface area contributed by atoms with E-state index < -0.39 is 38.5 Å². The van der Waals surface area contributed by atoms with Crippen LogP contribution in [0.1, 0.15) is 13.2 Å². The summed E-state index contributed by atoms with van der Waals surface area (Å²) in [6, 6.07) is 0. The number of nitrogen functional groups attached to an aromatic ring is 2. The number of imidazole rings is 1. The number of hydrogen-bond donors (Lipinski definition) is 5. The zero-order chi connectivity index (χ0) is 18.6. The monoisotopic (exact) mass is 378 g/mol. The molecule has 4 atom stereocenters. The highest BCUT2D eigenvalue weighted by Gasteiger charge is 2.55. The third kappa shape index (κ3) is 3.17. The molecule has 0 bridgehead atoms. The summed E-state index contributed by atoms with van der Waals surface area (Å²) in [6.07, 6.45) is -3.28. The van der Waals surface area contributed by atoms with E-state index in [4.69, 9.17) is 26.0 Å². The Kier molecular flexibility index (Phi) is 4.18. The lowest BCUT2D eigenvalue weighted by Crippen LogP contribution is -2.40. The highest BCUT2D eigenvalue weighted by atomic mass is 31.2. The molecule has 2 aromatic rings. The number of alkyl halides is 1. The molecule has 0 radical (unpaired) electrons. The van der Waals surface area contributed by atoms with Gasteiger partial charge in [-0.1, -0.05) is 0 Å². The van der Waals surface area contributed by atoms with E-state index in [0.717, 1.165) is 6.92 Å². The zero-order valence-corrected chi connectivity index (χ0v) is 13.7. The minimum Gasteiger partial charge on any atom is -0.387 e. The lowest BCUT2D eigenvalue weighted by atomic mass is 9.98. The number of aliphatic hydroxyl groups excluding tert-OH is 1. The number of aromatic nitrogens is 4. The minimum atomic E-state index is -4.80. The van der Waals surface area contributed by atoms with Crippen LogP contribution in [-0.2, 0) is 13.8 Å². The van der Waals surface area contributed by atoms with Gasteiger partial charge in [-0.15, -0.1) is 0 Å². The average molecular weight is 378 g/mol. The largest absolute Gasteiger partial charge is 0.469 e. The van der Waals surface area contributed by atoms with Crippen LogP contribution < -0.4 is 11.5 Å².